The van der Waals surface area contributed by atoms with E-state index in [0.29, 0.717) is 0 Å². The molecule has 30 heavy (non-hydrogen) atoms. The largest absolute Gasteiger partial charge is 0.0654 e. The van der Waals surface area contributed by atoms with Crippen molar-refractivity contribution >= 4 is 0 Å². The first-order valence-electron chi connectivity index (χ1n) is 13.7. The third-order valence-corrected chi connectivity index (χ3v) is 6.72. The smallest absolute Gasteiger partial charge is 0.0273 e. The Balaban J connectivity index is 2.20. The number of benzene rings is 1. The molecule has 0 saturated heterocycles. The van der Waals surface area contributed by atoms with Crippen molar-refractivity contribution < 1.29 is 0 Å². The van der Waals surface area contributed by atoms with E-state index in [0.717, 1.165) is 6.42 Å². The number of hydrogen-bond acceptors (Lipinski definition) is 0. The molecule has 0 spiro atoms. The summed E-state index contributed by atoms with van der Waals surface area (Å²) in [5, 5.41) is 0. The maximum absolute atomic E-state index is 4.26. The third kappa shape index (κ3) is 13.5. The minimum Gasteiger partial charge on any atom is -0.0654 e. The van der Waals surface area contributed by atoms with E-state index in [2.05, 4.69) is 39.0 Å². The van der Waals surface area contributed by atoms with E-state index in [-0.39, 0.29) is 0 Å². The zero-order valence-corrected chi connectivity index (χ0v) is 20.8. The molecule has 0 aliphatic heterocycles. The van der Waals surface area contributed by atoms with Crippen LogP contribution >= 0.6 is 0 Å². The van der Waals surface area contributed by atoms with Crippen LogP contribution in [0.4, 0.5) is 0 Å². The fourth-order valence-electron chi connectivity index (χ4n) is 4.73. The van der Waals surface area contributed by atoms with E-state index in [1.807, 2.05) is 0 Å². The SMILES string of the molecule is [CH2]Cc1c(CCCCCCCCCCC)cccc1CCCCCCCCCCC. The molecule has 0 heterocycles. The van der Waals surface area contributed by atoms with Crippen molar-refractivity contribution in [1.29, 1.82) is 0 Å². The van der Waals surface area contributed by atoms with Gasteiger partial charge in [-0.3, -0.25) is 0 Å². The maximum atomic E-state index is 4.26. The molecule has 0 atom stereocenters. The molecule has 173 valence electrons. The van der Waals surface area contributed by atoms with Crippen LogP contribution in [0.1, 0.15) is 146 Å². The highest BCUT2D eigenvalue weighted by molar-refractivity contribution is 5.36. The zero-order chi connectivity index (χ0) is 21.7. The van der Waals surface area contributed by atoms with Crippen LogP contribution in [-0.4, -0.2) is 0 Å². The number of hydrogen-bond donors (Lipinski definition) is 0. The van der Waals surface area contributed by atoms with Gasteiger partial charge in [-0.2, -0.15) is 0 Å². The van der Waals surface area contributed by atoms with Crippen LogP contribution in [0, 0.1) is 6.92 Å². The molecule has 1 rings (SSSR count). The minimum atomic E-state index is 0.959. The summed E-state index contributed by atoms with van der Waals surface area (Å²) in [7, 11) is 0. The number of aryl methyl sites for hydroxylation is 2. The highest BCUT2D eigenvalue weighted by Gasteiger charge is 2.07. The Morgan fingerprint density at radius 3 is 1.17 bits per heavy atom. The van der Waals surface area contributed by atoms with E-state index in [1.54, 1.807) is 16.7 Å². The van der Waals surface area contributed by atoms with E-state index >= 15 is 0 Å². The van der Waals surface area contributed by atoms with Crippen molar-refractivity contribution in [2.45, 2.75) is 149 Å². The molecule has 0 aliphatic carbocycles. The Labute approximate surface area is 190 Å². The van der Waals surface area contributed by atoms with E-state index in [4.69, 9.17) is 0 Å². The summed E-state index contributed by atoms with van der Waals surface area (Å²) in [6, 6.07) is 7.03. The molecule has 1 radical (unpaired) electrons. The molecule has 0 aromatic heterocycles. The lowest BCUT2D eigenvalue weighted by molar-refractivity contribution is 0.563. The van der Waals surface area contributed by atoms with Gasteiger partial charge in [-0.15, -0.1) is 0 Å². The van der Waals surface area contributed by atoms with Crippen molar-refractivity contribution in [3.05, 3.63) is 41.8 Å². The summed E-state index contributed by atoms with van der Waals surface area (Å²) < 4.78 is 0. The standard InChI is InChI=1S/C30H53/c1-4-7-9-11-13-15-17-19-21-24-28-26-23-27-29(30(28)6-3)25-22-20-18-16-14-12-10-8-5-2/h23,26-27H,3-22,24-25H2,1-2H3. The molecule has 0 saturated carbocycles. The average Bonchev–Trinajstić information content (AvgIpc) is 2.77. The van der Waals surface area contributed by atoms with Gasteiger partial charge in [0.15, 0.2) is 0 Å². The second-order valence-corrected chi connectivity index (χ2v) is 9.46. The fraction of sp³-hybridized carbons (Fsp3) is 0.767. The van der Waals surface area contributed by atoms with Crippen molar-refractivity contribution in [2.24, 2.45) is 0 Å². The van der Waals surface area contributed by atoms with Gasteiger partial charge >= 0.3 is 0 Å². The summed E-state index contributed by atoms with van der Waals surface area (Å²) in [6.07, 6.45) is 28.9. The van der Waals surface area contributed by atoms with Crippen molar-refractivity contribution in [2.75, 3.05) is 0 Å². The highest BCUT2D eigenvalue weighted by atomic mass is 14.1. The molecule has 0 heteroatoms. The van der Waals surface area contributed by atoms with Crippen LogP contribution in [-0.2, 0) is 19.3 Å². The summed E-state index contributed by atoms with van der Waals surface area (Å²) >= 11 is 0. The Kier molecular flexibility index (Phi) is 18.3. The normalized spacial score (nSPS) is 11.3. The molecule has 0 amide bonds. The van der Waals surface area contributed by atoms with Crippen LogP contribution in [0.5, 0.6) is 0 Å². The summed E-state index contributed by atoms with van der Waals surface area (Å²) in [6.45, 7) is 8.86. The maximum Gasteiger partial charge on any atom is -0.0273 e. The van der Waals surface area contributed by atoms with Gasteiger partial charge in [-0.05, 0) is 55.7 Å². The van der Waals surface area contributed by atoms with Crippen molar-refractivity contribution in [1.82, 2.24) is 0 Å². The zero-order valence-electron chi connectivity index (χ0n) is 20.8. The van der Waals surface area contributed by atoms with Crippen LogP contribution in [0.2, 0.25) is 0 Å². The summed E-state index contributed by atoms with van der Waals surface area (Å²) in [4.78, 5) is 0. The lowest BCUT2D eigenvalue weighted by atomic mass is 9.92. The van der Waals surface area contributed by atoms with Gasteiger partial charge in [0.05, 0.1) is 0 Å². The Morgan fingerprint density at radius 1 is 0.500 bits per heavy atom. The van der Waals surface area contributed by atoms with Gasteiger partial charge in [-0.1, -0.05) is 135 Å². The molecule has 0 aliphatic rings. The highest BCUT2D eigenvalue weighted by Crippen LogP contribution is 2.21. The van der Waals surface area contributed by atoms with Gasteiger partial charge < -0.3 is 0 Å². The second kappa shape index (κ2) is 20.1. The van der Waals surface area contributed by atoms with Gasteiger partial charge in [-0.25, -0.2) is 0 Å². The van der Waals surface area contributed by atoms with Gasteiger partial charge in [0.25, 0.3) is 0 Å². The fourth-order valence-corrected chi connectivity index (χ4v) is 4.73. The average molecular weight is 414 g/mol. The molecular formula is C30H53. The Bertz CT molecular complexity index is 447. The predicted molar refractivity (Wildman–Crippen MR) is 137 cm³/mol. The number of rotatable bonds is 21. The molecule has 0 nitrogen and oxygen atoms in total. The van der Waals surface area contributed by atoms with Crippen LogP contribution in [0.15, 0.2) is 18.2 Å². The molecule has 0 bridgehead atoms. The third-order valence-electron chi connectivity index (χ3n) is 6.72. The minimum absolute atomic E-state index is 0.959. The Morgan fingerprint density at radius 2 is 0.833 bits per heavy atom. The van der Waals surface area contributed by atoms with Gasteiger partial charge in [0, 0.05) is 0 Å². The van der Waals surface area contributed by atoms with E-state index in [1.165, 1.54) is 128 Å². The molecule has 0 N–H and O–H groups in total. The van der Waals surface area contributed by atoms with Crippen LogP contribution < -0.4 is 0 Å². The number of unbranched alkanes of at least 4 members (excludes halogenated alkanes) is 16. The predicted octanol–water partition coefficient (Wildman–Crippen LogP) is 10.2. The van der Waals surface area contributed by atoms with Crippen molar-refractivity contribution in [3.63, 3.8) is 0 Å². The van der Waals surface area contributed by atoms with Crippen LogP contribution in [0.3, 0.4) is 0 Å². The van der Waals surface area contributed by atoms with Gasteiger partial charge in [0.2, 0.25) is 0 Å². The summed E-state index contributed by atoms with van der Waals surface area (Å²) in [5.41, 5.74) is 4.74. The van der Waals surface area contributed by atoms with Crippen LogP contribution in [0.25, 0.3) is 0 Å². The molecular weight excluding hydrogens is 360 g/mol. The van der Waals surface area contributed by atoms with Gasteiger partial charge in [0.1, 0.15) is 0 Å². The molecule has 1 aromatic rings. The lowest BCUT2D eigenvalue weighted by Gasteiger charge is -2.14. The first-order chi connectivity index (χ1) is 14.8. The monoisotopic (exact) mass is 413 g/mol. The van der Waals surface area contributed by atoms with Crippen molar-refractivity contribution in [3.8, 4) is 0 Å². The van der Waals surface area contributed by atoms with E-state index < -0.39 is 0 Å². The Hall–Kier alpha value is -0.780. The lowest BCUT2D eigenvalue weighted by Crippen LogP contribution is -2.00. The topological polar surface area (TPSA) is 0 Å². The van der Waals surface area contributed by atoms with E-state index in [9.17, 15) is 0 Å². The molecule has 1 aromatic carbocycles. The molecule has 0 fully saturated rings. The quantitative estimate of drug-likeness (QED) is 0.176. The molecule has 0 unspecified atom stereocenters. The first-order valence-corrected chi connectivity index (χ1v) is 13.7. The second-order valence-electron chi connectivity index (χ2n) is 9.46. The summed E-state index contributed by atoms with van der Waals surface area (Å²) in [5.74, 6) is 0. The first kappa shape index (κ1) is 27.3.